The highest BCUT2D eigenvalue weighted by atomic mass is 35.5. The van der Waals surface area contributed by atoms with Crippen LogP contribution in [0.1, 0.15) is 30.4 Å². The second-order valence-electron chi connectivity index (χ2n) is 7.00. The predicted molar refractivity (Wildman–Crippen MR) is 123 cm³/mol. The third-order valence-electron chi connectivity index (χ3n) is 4.89. The highest BCUT2D eigenvalue weighted by molar-refractivity contribution is 5.85. The number of benzene rings is 3. The Morgan fingerprint density at radius 3 is 1.79 bits per heavy atom. The van der Waals surface area contributed by atoms with Crippen molar-refractivity contribution in [2.24, 2.45) is 0 Å². The van der Waals surface area contributed by atoms with Crippen molar-refractivity contribution in [2.45, 2.75) is 25.3 Å². The molecule has 0 radical (unpaired) electrons. The van der Waals surface area contributed by atoms with E-state index in [0.717, 1.165) is 24.5 Å². The number of ether oxygens (including phenoxy) is 2. The smallest absolute Gasteiger partial charge is 0.119 e. The van der Waals surface area contributed by atoms with Crippen LogP contribution < -0.4 is 14.8 Å². The van der Waals surface area contributed by atoms with Crippen molar-refractivity contribution in [3.8, 4) is 11.5 Å². The Morgan fingerprint density at radius 1 is 0.759 bits per heavy atom. The Labute approximate surface area is 180 Å². The van der Waals surface area contributed by atoms with Gasteiger partial charge in [0, 0.05) is 12.0 Å². The zero-order valence-electron chi connectivity index (χ0n) is 17.1. The number of halogens is 1. The first-order chi connectivity index (χ1) is 13.8. The normalized spacial score (nSPS) is 11.6. The van der Waals surface area contributed by atoms with Gasteiger partial charge in [0.25, 0.3) is 0 Å². The molecular weight excluding hydrogens is 382 g/mol. The summed E-state index contributed by atoms with van der Waals surface area (Å²) in [6.45, 7) is 3.72. The lowest BCUT2D eigenvalue weighted by atomic mass is 9.88. The largest absolute Gasteiger partial charge is 0.497 e. The molecule has 0 heterocycles. The summed E-state index contributed by atoms with van der Waals surface area (Å²) in [5.41, 5.74) is 2.72. The summed E-state index contributed by atoms with van der Waals surface area (Å²) in [4.78, 5) is 0. The molecule has 0 aromatic heterocycles. The second kappa shape index (κ2) is 12.2. The molecule has 4 heteroatoms. The quantitative estimate of drug-likeness (QED) is 0.464. The fourth-order valence-corrected chi connectivity index (χ4v) is 3.32. The van der Waals surface area contributed by atoms with Crippen molar-refractivity contribution in [3.05, 3.63) is 96.1 Å². The molecule has 29 heavy (non-hydrogen) atoms. The van der Waals surface area contributed by atoms with E-state index >= 15 is 0 Å². The van der Waals surface area contributed by atoms with Gasteiger partial charge in [0.15, 0.2) is 0 Å². The lowest BCUT2D eigenvalue weighted by Crippen LogP contribution is -2.33. The van der Waals surface area contributed by atoms with Crippen molar-refractivity contribution in [2.75, 3.05) is 20.3 Å². The van der Waals surface area contributed by atoms with Crippen LogP contribution in [-0.2, 0) is 0 Å². The minimum absolute atomic E-state index is 0. The van der Waals surface area contributed by atoms with E-state index in [0.29, 0.717) is 12.5 Å². The molecule has 3 rings (SSSR count). The average Bonchev–Trinajstić information content (AvgIpc) is 2.77. The molecule has 0 aliphatic heterocycles. The zero-order chi connectivity index (χ0) is 19.6. The molecule has 1 unspecified atom stereocenters. The molecule has 0 spiro atoms. The van der Waals surface area contributed by atoms with E-state index in [1.54, 1.807) is 7.11 Å². The third-order valence-corrected chi connectivity index (χ3v) is 4.89. The first kappa shape index (κ1) is 22.8. The molecule has 0 aliphatic carbocycles. The molecule has 0 bridgehead atoms. The van der Waals surface area contributed by atoms with Gasteiger partial charge in [-0.05, 0) is 55.3 Å². The van der Waals surface area contributed by atoms with Crippen molar-refractivity contribution in [3.63, 3.8) is 0 Å². The molecule has 1 N–H and O–H groups in total. The molecule has 1 atom stereocenters. The Kier molecular flexibility index (Phi) is 9.55. The lowest BCUT2D eigenvalue weighted by molar-refractivity contribution is 0.272. The van der Waals surface area contributed by atoms with Crippen LogP contribution in [0.2, 0.25) is 0 Å². The number of methoxy groups -OCH3 is 1. The van der Waals surface area contributed by atoms with Crippen LogP contribution in [0.25, 0.3) is 0 Å². The zero-order valence-corrected chi connectivity index (χ0v) is 17.9. The maximum absolute atomic E-state index is 5.88. The van der Waals surface area contributed by atoms with Gasteiger partial charge in [-0.3, -0.25) is 0 Å². The summed E-state index contributed by atoms with van der Waals surface area (Å²) < 4.78 is 11.1. The molecule has 0 fully saturated rings. The van der Waals surface area contributed by atoms with Gasteiger partial charge in [-0.2, -0.15) is 0 Å². The highest BCUT2D eigenvalue weighted by Crippen LogP contribution is 2.27. The van der Waals surface area contributed by atoms with Crippen molar-refractivity contribution in [1.29, 1.82) is 0 Å². The van der Waals surface area contributed by atoms with E-state index in [-0.39, 0.29) is 18.4 Å². The van der Waals surface area contributed by atoms with Gasteiger partial charge in [0.05, 0.1) is 7.11 Å². The van der Waals surface area contributed by atoms with Gasteiger partial charge in [-0.15, -0.1) is 12.4 Å². The molecule has 3 aromatic carbocycles. The maximum atomic E-state index is 5.88. The van der Waals surface area contributed by atoms with E-state index in [4.69, 9.17) is 9.47 Å². The summed E-state index contributed by atoms with van der Waals surface area (Å²) in [7, 11) is 1.67. The van der Waals surface area contributed by atoms with Crippen LogP contribution >= 0.6 is 12.4 Å². The number of rotatable bonds is 10. The van der Waals surface area contributed by atoms with Crippen LogP contribution in [0.15, 0.2) is 84.9 Å². The third kappa shape index (κ3) is 7.12. The Bertz CT molecular complexity index is 770. The van der Waals surface area contributed by atoms with Crippen LogP contribution in [0.4, 0.5) is 0 Å². The minimum atomic E-state index is 0. The molecule has 0 saturated carbocycles. The van der Waals surface area contributed by atoms with Crippen LogP contribution in [-0.4, -0.2) is 26.3 Å². The summed E-state index contributed by atoms with van der Waals surface area (Å²) in [5, 5.41) is 3.60. The monoisotopic (exact) mass is 411 g/mol. The van der Waals surface area contributed by atoms with Crippen molar-refractivity contribution >= 4 is 12.4 Å². The van der Waals surface area contributed by atoms with Gasteiger partial charge in [0.1, 0.15) is 18.1 Å². The Morgan fingerprint density at radius 2 is 1.28 bits per heavy atom. The van der Waals surface area contributed by atoms with Crippen molar-refractivity contribution < 1.29 is 9.47 Å². The van der Waals surface area contributed by atoms with Crippen LogP contribution in [0.3, 0.4) is 0 Å². The first-order valence-electron chi connectivity index (χ1n) is 9.86. The molecule has 3 aromatic rings. The average molecular weight is 412 g/mol. The molecule has 154 valence electrons. The van der Waals surface area contributed by atoms with Crippen LogP contribution in [0, 0.1) is 0 Å². The fraction of sp³-hybridized carbons (Fsp3) is 0.280. The van der Waals surface area contributed by atoms with Gasteiger partial charge in [-0.25, -0.2) is 0 Å². The Balaban J connectivity index is 0.00000300. The van der Waals surface area contributed by atoms with Gasteiger partial charge in [-0.1, -0.05) is 60.7 Å². The van der Waals surface area contributed by atoms with Gasteiger partial charge in [0.2, 0.25) is 0 Å². The minimum Gasteiger partial charge on any atom is -0.497 e. The molecule has 0 aliphatic rings. The van der Waals surface area contributed by atoms with E-state index < -0.39 is 0 Å². The van der Waals surface area contributed by atoms with E-state index in [2.05, 4.69) is 72.9 Å². The number of hydrogen-bond acceptors (Lipinski definition) is 3. The maximum Gasteiger partial charge on any atom is 0.119 e. The summed E-state index contributed by atoms with van der Waals surface area (Å²) in [5.74, 6) is 2.09. The summed E-state index contributed by atoms with van der Waals surface area (Å²) >= 11 is 0. The molecular formula is C25H30ClNO2. The topological polar surface area (TPSA) is 30.5 Å². The fourth-order valence-electron chi connectivity index (χ4n) is 3.32. The predicted octanol–water partition coefficient (Wildman–Crippen LogP) is 5.70. The summed E-state index contributed by atoms with van der Waals surface area (Å²) in [6.07, 6.45) is 1.04. The Hall–Kier alpha value is -2.49. The number of nitrogens with one attached hydrogen (secondary N) is 1. The lowest BCUT2D eigenvalue weighted by Gasteiger charge is -2.20. The second-order valence-corrected chi connectivity index (χ2v) is 7.00. The van der Waals surface area contributed by atoms with E-state index in [1.165, 1.54) is 11.1 Å². The van der Waals surface area contributed by atoms with E-state index in [1.807, 2.05) is 24.3 Å². The van der Waals surface area contributed by atoms with Gasteiger partial charge < -0.3 is 14.8 Å². The van der Waals surface area contributed by atoms with Crippen molar-refractivity contribution in [1.82, 2.24) is 5.32 Å². The molecule has 0 amide bonds. The number of hydrogen-bond donors (Lipinski definition) is 1. The highest BCUT2D eigenvalue weighted by Gasteiger charge is 2.14. The summed E-state index contributed by atoms with van der Waals surface area (Å²) in [6, 6.07) is 29.4. The first-order valence-corrected chi connectivity index (χ1v) is 9.86. The SMILES string of the molecule is COc1ccc(OCC(C)NCCC(c2ccccc2)c2ccccc2)cc1.Cl. The van der Waals surface area contributed by atoms with E-state index in [9.17, 15) is 0 Å². The van der Waals surface area contributed by atoms with Crippen LogP contribution in [0.5, 0.6) is 11.5 Å². The molecule has 0 saturated heterocycles. The molecule has 3 nitrogen and oxygen atoms in total. The van der Waals surface area contributed by atoms with Gasteiger partial charge >= 0.3 is 0 Å². The standard InChI is InChI=1S/C25H29NO2.ClH/c1-20(19-28-24-15-13-23(27-2)14-16-24)26-18-17-25(21-9-5-3-6-10-21)22-11-7-4-8-12-22;/h3-16,20,25-26H,17-19H2,1-2H3;1H.